The Morgan fingerprint density at radius 2 is 1.77 bits per heavy atom. The van der Waals surface area contributed by atoms with Gasteiger partial charge in [0.05, 0.1) is 6.04 Å². The van der Waals surface area contributed by atoms with Crippen molar-refractivity contribution in [2.75, 3.05) is 5.32 Å². The third-order valence-corrected chi connectivity index (χ3v) is 4.23. The lowest BCUT2D eigenvalue weighted by Crippen LogP contribution is -2.05. The Balaban J connectivity index is 1.65. The predicted molar refractivity (Wildman–Crippen MR) is 87.6 cm³/mol. The third-order valence-electron chi connectivity index (χ3n) is 3.38. The fraction of sp³-hybridized carbons (Fsp3) is 0.176. The standard InChI is InChI=1S/C17H16FN3S/c1-12(14-5-3-2-4-6-14)19-17-21-20-16(22-17)11-13-7-9-15(18)10-8-13/h2-10,12H,11H2,1H3,(H,19,21)/t12-/m1/s1. The van der Waals surface area contributed by atoms with E-state index in [4.69, 9.17) is 0 Å². The van der Waals surface area contributed by atoms with Crippen LogP contribution in [0.25, 0.3) is 0 Å². The summed E-state index contributed by atoms with van der Waals surface area (Å²) in [5, 5.41) is 13.4. The summed E-state index contributed by atoms with van der Waals surface area (Å²) in [6.45, 7) is 2.09. The minimum Gasteiger partial charge on any atom is -0.354 e. The van der Waals surface area contributed by atoms with Crippen LogP contribution in [-0.4, -0.2) is 10.2 Å². The molecular weight excluding hydrogens is 297 g/mol. The highest BCUT2D eigenvalue weighted by Crippen LogP contribution is 2.23. The number of aromatic nitrogens is 2. The highest BCUT2D eigenvalue weighted by atomic mass is 32.1. The Kier molecular flexibility index (Phi) is 4.44. The van der Waals surface area contributed by atoms with Crippen LogP contribution in [0.5, 0.6) is 0 Å². The molecule has 3 aromatic rings. The second kappa shape index (κ2) is 6.66. The van der Waals surface area contributed by atoms with E-state index in [0.717, 1.165) is 15.7 Å². The van der Waals surface area contributed by atoms with E-state index in [9.17, 15) is 4.39 Å². The smallest absolute Gasteiger partial charge is 0.206 e. The zero-order chi connectivity index (χ0) is 15.4. The van der Waals surface area contributed by atoms with Gasteiger partial charge in [0.1, 0.15) is 10.8 Å². The maximum atomic E-state index is 12.9. The van der Waals surface area contributed by atoms with E-state index in [2.05, 4.69) is 34.6 Å². The van der Waals surface area contributed by atoms with Gasteiger partial charge >= 0.3 is 0 Å². The van der Waals surface area contributed by atoms with Gasteiger partial charge in [-0.05, 0) is 30.2 Å². The normalized spacial score (nSPS) is 12.1. The molecule has 112 valence electrons. The summed E-state index contributed by atoms with van der Waals surface area (Å²) < 4.78 is 12.9. The molecule has 0 aliphatic heterocycles. The maximum Gasteiger partial charge on any atom is 0.206 e. The molecule has 1 aromatic heterocycles. The molecule has 0 spiro atoms. The largest absolute Gasteiger partial charge is 0.354 e. The number of benzene rings is 2. The quantitative estimate of drug-likeness (QED) is 0.756. The topological polar surface area (TPSA) is 37.8 Å². The fourth-order valence-corrected chi connectivity index (χ4v) is 3.03. The molecule has 0 fully saturated rings. The molecule has 0 saturated heterocycles. The van der Waals surface area contributed by atoms with Crippen molar-refractivity contribution in [1.29, 1.82) is 0 Å². The van der Waals surface area contributed by atoms with Crippen molar-refractivity contribution in [3.05, 3.63) is 76.5 Å². The van der Waals surface area contributed by atoms with Crippen molar-refractivity contribution in [3.8, 4) is 0 Å². The number of hydrogen-bond acceptors (Lipinski definition) is 4. The van der Waals surface area contributed by atoms with E-state index in [1.807, 2.05) is 18.2 Å². The number of halogens is 1. The minimum absolute atomic E-state index is 0.174. The lowest BCUT2D eigenvalue weighted by atomic mass is 10.1. The Bertz CT molecular complexity index is 725. The van der Waals surface area contributed by atoms with Crippen molar-refractivity contribution < 1.29 is 4.39 Å². The molecule has 3 nitrogen and oxygen atoms in total. The summed E-state index contributed by atoms with van der Waals surface area (Å²) in [7, 11) is 0. The average Bonchev–Trinajstić information content (AvgIpc) is 2.97. The van der Waals surface area contributed by atoms with Gasteiger partial charge < -0.3 is 5.32 Å². The van der Waals surface area contributed by atoms with Gasteiger partial charge in [-0.15, -0.1) is 10.2 Å². The van der Waals surface area contributed by atoms with Crippen LogP contribution in [0.1, 0.15) is 29.1 Å². The molecule has 0 aliphatic rings. The molecular formula is C17H16FN3S. The minimum atomic E-state index is -0.222. The zero-order valence-corrected chi connectivity index (χ0v) is 13.0. The van der Waals surface area contributed by atoms with Gasteiger partial charge in [0.15, 0.2) is 0 Å². The number of hydrogen-bond donors (Lipinski definition) is 1. The Hall–Kier alpha value is -2.27. The summed E-state index contributed by atoms with van der Waals surface area (Å²) in [5.74, 6) is -0.222. The van der Waals surface area contributed by atoms with E-state index in [0.29, 0.717) is 6.42 Å². The first-order valence-corrected chi connectivity index (χ1v) is 7.90. The molecule has 2 aromatic carbocycles. The second-order valence-corrected chi connectivity index (χ2v) is 6.14. The zero-order valence-electron chi connectivity index (χ0n) is 12.2. The lowest BCUT2D eigenvalue weighted by molar-refractivity contribution is 0.627. The third kappa shape index (κ3) is 3.68. The second-order valence-electron chi connectivity index (χ2n) is 5.08. The van der Waals surface area contributed by atoms with Crippen LogP contribution in [0.4, 0.5) is 9.52 Å². The SMILES string of the molecule is C[C@@H](Nc1nnc(Cc2ccc(F)cc2)s1)c1ccccc1. The number of anilines is 1. The van der Waals surface area contributed by atoms with Crippen LogP contribution in [0.3, 0.4) is 0 Å². The molecule has 0 aliphatic carbocycles. The van der Waals surface area contributed by atoms with Crippen LogP contribution in [-0.2, 0) is 6.42 Å². The lowest BCUT2D eigenvalue weighted by Gasteiger charge is -2.12. The molecule has 0 saturated carbocycles. The first-order valence-electron chi connectivity index (χ1n) is 7.09. The molecule has 1 N–H and O–H groups in total. The van der Waals surface area contributed by atoms with Crippen LogP contribution in [0, 0.1) is 5.82 Å². The van der Waals surface area contributed by atoms with Crippen molar-refractivity contribution >= 4 is 16.5 Å². The molecule has 0 unspecified atom stereocenters. The van der Waals surface area contributed by atoms with Crippen molar-refractivity contribution in [2.24, 2.45) is 0 Å². The first kappa shape index (κ1) is 14.7. The molecule has 5 heteroatoms. The molecule has 0 bridgehead atoms. The maximum absolute atomic E-state index is 12.9. The van der Waals surface area contributed by atoms with Gasteiger partial charge in [-0.2, -0.15) is 0 Å². The Labute approximate surface area is 132 Å². The van der Waals surface area contributed by atoms with Gasteiger partial charge in [0.2, 0.25) is 5.13 Å². The number of nitrogens with one attached hydrogen (secondary N) is 1. The van der Waals surface area contributed by atoms with E-state index < -0.39 is 0 Å². The highest BCUT2D eigenvalue weighted by Gasteiger charge is 2.09. The highest BCUT2D eigenvalue weighted by molar-refractivity contribution is 7.15. The van der Waals surface area contributed by atoms with Gasteiger partial charge in [-0.3, -0.25) is 0 Å². The van der Waals surface area contributed by atoms with Gasteiger partial charge in [0.25, 0.3) is 0 Å². The van der Waals surface area contributed by atoms with Crippen molar-refractivity contribution in [2.45, 2.75) is 19.4 Å². The van der Waals surface area contributed by atoms with Crippen molar-refractivity contribution in [1.82, 2.24) is 10.2 Å². The van der Waals surface area contributed by atoms with Crippen LogP contribution in [0.2, 0.25) is 0 Å². The monoisotopic (exact) mass is 313 g/mol. The Morgan fingerprint density at radius 1 is 1.05 bits per heavy atom. The van der Waals surface area contributed by atoms with E-state index in [1.165, 1.54) is 29.0 Å². The molecule has 3 rings (SSSR count). The van der Waals surface area contributed by atoms with Gasteiger partial charge in [-0.25, -0.2) is 4.39 Å². The van der Waals surface area contributed by atoms with Crippen molar-refractivity contribution in [3.63, 3.8) is 0 Å². The van der Waals surface area contributed by atoms with E-state index in [1.54, 1.807) is 12.1 Å². The number of nitrogens with zero attached hydrogens (tertiary/aromatic N) is 2. The summed E-state index contributed by atoms with van der Waals surface area (Å²) >= 11 is 1.53. The van der Waals surface area contributed by atoms with E-state index >= 15 is 0 Å². The Morgan fingerprint density at radius 3 is 2.50 bits per heavy atom. The summed E-state index contributed by atoms with van der Waals surface area (Å²) in [6, 6.07) is 16.9. The summed E-state index contributed by atoms with van der Waals surface area (Å²) in [6.07, 6.45) is 0.666. The van der Waals surface area contributed by atoms with Gasteiger partial charge in [0, 0.05) is 6.42 Å². The average molecular weight is 313 g/mol. The molecule has 1 atom stereocenters. The van der Waals surface area contributed by atoms with Crippen LogP contribution < -0.4 is 5.32 Å². The number of rotatable bonds is 5. The van der Waals surface area contributed by atoms with Gasteiger partial charge in [-0.1, -0.05) is 53.8 Å². The van der Waals surface area contributed by atoms with E-state index in [-0.39, 0.29) is 11.9 Å². The molecule has 22 heavy (non-hydrogen) atoms. The fourth-order valence-electron chi connectivity index (χ4n) is 2.17. The summed E-state index contributed by atoms with van der Waals surface area (Å²) in [4.78, 5) is 0. The molecule has 1 heterocycles. The molecule has 0 radical (unpaired) electrons. The summed E-state index contributed by atoms with van der Waals surface area (Å²) in [5.41, 5.74) is 2.23. The first-order chi connectivity index (χ1) is 10.7. The predicted octanol–water partition coefficient (Wildman–Crippen LogP) is 4.44. The van der Waals surface area contributed by atoms with Crippen LogP contribution in [0.15, 0.2) is 54.6 Å². The van der Waals surface area contributed by atoms with Crippen LogP contribution >= 0.6 is 11.3 Å². The molecule has 0 amide bonds.